The zero-order valence-electron chi connectivity index (χ0n) is 18.0. The molecule has 7 nitrogen and oxygen atoms in total. The van der Waals surface area contributed by atoms with Crippen LogP contribution in [0, 0.1) is 0 Å². The third kappa shape index (κ3) is 18.0. The van der Waals surface area contributed by atoms with Gasteiger partial charge in [0.15, 0.2) is 5.96 Å². The third-order valence-electron chi connectivity index (χ3n) is 4.70. The van der Waals surface area contributed by atoms with E-state index in [-0.39, 0.29) is 24.6 Å². The van der Waals surface area contributed by atoms with Crippen LogP contribution in [0.4, 0.5) is 0 Å². The number of ether oxygens (including phenoxy) is 1. The molecular formula is C21H44N4O3. The Balaban J connectivity index is 3.82. The summed E-state index contributed by atoms with van der Waals surface area (Å²) < 4.78 is 5.44. The van der Waals surface area contributed by atoms with Crippen molar-refractivity contribution in [1.82, 2.24) is 5.32 Å². The van der Waals surface area contributed by atoms with Gasteiger partial charge in [-0.1, -0.05) is 64.7 Å². The summed E-state index contributed by atoms with van der Waals surface area (Å²) in [6.07, 6.45) is 14.5. The molecule has 0 amide bonds. The average molecular weight is 401 g/mol. The molecule has 0 saturated carbocycles. The van der Waals surface area contributed by atoms with Crippen LogP contribution < -0.4 is 16.8 Å². The molecule has 0 spiro atoms. The highest BCUT2D eigenvalue weighted by Crippen LogP contribution is 2.10. The number of nitrogens with one attached hydrogen (secondary N) is 1. The van der Waals surface area contributed by atoms with Gasteiger partial charge in [0.1, 0.15) is 6.04 Å². The predicted octanol–water partition coefficient (Wildman–Crippen LogP) is 2.84. The van der Waals surface area contributed by atoms with Crippen molar-refractivity contribution in [2.45, 2.75) is 96.4 Å². The van der Waals surface area contributed by atoms with E-state index in [1.807, 2.05) is 0 Å². The maximum Gasteiger partial charge on any atom is 0.323 e. The van der Waals surface area contributed by atoms with Crippen molar-refractivity contribution in [3.05, 3.63) is 0 Å². The highest BCUT2D eigenvalue weighted by molar-refractivity contribution is 5.76. The van der Waals surface area contributed by atoms with Gasteiger partial charge in [-0.2, -0.15) is 0 Å². The SMILES string of the molecule is CCCCCCCCCCCCOC(=O)[C@H](CCCN=C(N)N)NCCCO. The molecule has 0 unspecified atom stereocenters. The lowest BCUT2D eigenvalue weighted by molar-refractivity contribution is -0.146. The molecular weight excluding hydrogens is 356 g/mol. The van der Waals surface area contributed by atoms with Crippen molar-refractivity contribution in [3.8, 4) is 0 Å². The van der Waals surface area contributed by atoms with E-state index in [0.29, 0.717) is 39.0 Å². The predicted molar refractivity (Wildman–Crippen MR) is 116 cm³/mol. The summed E-state index contributed by atoms with van der Waals surface area (Å²) in [6, 6.07) is -0.371. The molecule has 0 aromatic carbocycles. The Morgan fingerprint density at radius 1 is 0.964 bits per heavy atom. The Kier molecular flexibility index (Phi) is 19.4. The Bertz CT molecular complexity index is 388. The molecule has 0 aromatic rings. The number of aliphatic hydroxyl groups is 1. The van der Waals surface area contributed by atoms with Crippen molar-refractivity contribution in [2.75, 3.05) is 26.3 Å². The number of nitrogens with two attached hydrogens (primary N) is 2. The molecule has 0 radical (unpaired) electrons. The second-order valence-corrected chi connectivity index (χ2v) is 7.38. The van der Waals surface area contributed by atoms with Gasteiger partial charge in [0.2, 0.25) is 0 Å². The zero-order chi connectivity index (χ0) is 20.9. The van der Waals surface area contributed by atoms with Gasteiger partial charge in [-0.05, 0) is 32.2 Å². The highest BCUT2D eigenvalue weighted by Gasteiger charge is 2.18. The van der Waals surface area contributed by atoms with Gasteiger partial charge in [0.25, 0.3) is 0 Å². The van der Waals surface area contributed by atoms with E-state index in [1.165, 1.54) is 51.4 Å². The summed E-state index contributed by atoms with van der Waals surface area (Å²) in [5, 5.41) is 12.1. The lowest BCUT2D eigenvalue weighted by Gasteiger charge is -2.17. The molecule has 1 atom stereocenters. The summed E-state index contributed by atoms with van der Waals surface area (Å²) in [7, 11) is 0. The van der Waals surface area contributed by atoms with E-state index in [4.69, 9.17) is 21.3 Å². The van der Waals surface area contributed by atoms with Crippen molar-refractivity contribution in [3.63, 3.8) is 0 Å². The minimum atomic E-state index is -0.371. The van der Waals surface area contributed by atoms with Crippen molar-refractivity contribution in [1.29, 1.82) is 0 Å². The highest BCUT2D eigenvalue weighted by atomic mass is 16.5. The summed E-state index contributed by atoms with van der Waals surface area (Å²) in [5.41, 5.74) is 10.6. The monoisotopic (exact) mass is 400 g/mol. The zero-order valence-corrected chi connectivity index (χ0v) is 18.0. The Morgan fingerprint density at radius 2 is 1.57 bits per heavy atom. The summed E-state index contributed by atoms with van der Waals surface area (Å²) in [4.78, 5) is 16.2. The van der Waals surface area contributed by atoms with Gasteiger partial charge in [-0.25, -0.2) is 0 Å². The molecule has 7 heteroatoms. The molecule has 0 rings (SSSR count). The van der Waals surface area contributed by atoms with Gasteiger partial charge < -0.3 is 26.6 Å². The number of carbonyl (C=O) groups excluding carboxylic acids is 1. The number of nitrogens with zero attached hydrogens (tertiary/aromatic N) is 1. The second kappa shape index (κ2) is 20.4. The number of aliphatic imine (C=N–C) groups is 1. The Hall–Kier alpha value is -1.34. The Labute approximate surface area is 171 Å². The van der Waals surface area contributed by atoms with E-state index < -0.39 is 0 Å². The smallest absolute Gasteiger partial charge is 0.323 e. The quantitative estimate of drug-likeness (QED) is 0.108. The molecule has 0 aliphatic heterocycles. The van der Waals surface area contributed by atoms with Crippen LogP contribution in [-0.2, 0) is 9.53 Å². The van der Waals surface area contributed by atoms with Gasteiger partial charge >= 0.3 is 5.97 Å². The van der Waals surface area contributed by atoms with Crippen LogP contribution in [0.15, 0.2) is 4.99 Å². The molecule has 166 valence electrons. The number of aliphatic hydroxyl groups excluding tert-OH is 1. The summed E-state index contributed by atoms with van der Waals surface area (Å²) in [6.45, 7) is 3.89. The van der Waals surface area contributed by atoms with Crippen LogP contribution in [0.25, 0.3) is 0 Å². The molecule has 0 heterocycles. The molecule has 0 fully saturated rings. The number of unbranched alkanes of at least 4 members (excludes halogenated alkanes) is 9. The number of guanidine groups is 1. The van der Waals surface area contributed by atoms with Crippen LogP contribution in [0.2, 0.25) is 0 Å². The lowest BCUT2D eigenvalue weighted by Crippen LogP contribution is -2.39. The van der Waals surface area contributed by atoms with Crippen molar-refractivity contribution >= 4 is 11.9 Å². The first-order valence-electron chi connectivity index (χ1n) is 11.2. The van der Waals surface area contributed by atoms with Crippen LogP contribution in [0.1, 0.15) is 90.4 Å². The fraction of sp³-hybridized carbons (Fsp3) is 0.905. The number of esters is 1. The first-order valence-corrected chi connectivity index (χ1v) is 11.2. The molecule has 6 N–H and O–H groups in total. The molecule has 0 bridgehead atoms. The number of hydrogen-bond donors (Lipinski definition) is 4. The van der Waals surface area contributed by atoms with Gasteiger partial charge in [-0.3, -0.25) is 9.79 Å². The van der Waals surface area contributed by atoms with Crippen molar-refractivity contribution in [2.24, 2.45) is 16.5 Å². The Morgan fingerprint density at radius 3 is 2.14 bits per heavy atom. The fourth-order valence-corrected chi connectivity index (χ4v) is 3.03. The minimum Gasteiger partial charge on any atom is -0.465 e. The van der Waals surface area contributed by atoms with Crippen LogP contribution >= 0.6 is 0 Å². The largest absolute Gasteiger partial charge is 0.465 e. The summed E-state index contributed by atoms with van der Waals surface area (Å²) in [5.74, 6) is -0.160. The average Bonchev–Trinajstić information content (AvgIpc) is 2.67. The molecule has 0 saturated heterocycles. The van der Waals surface area contributed by atoms with Crippen LogP contribution in [0.3, 0.4) is 0 Å². The molecule has 0 aliphatic carbocycles. The molecule has 28 heavy (non-hydrogen) atoms. The van der Waals surface area contributed by atoms with E-state index in [0.717, 1.165) is 12.8 Å². The van der Waals surface area contributed by atoms with Gasteiger partial charge in [0.05, 0.1) is 6.61 Å². The second-order valence-electron chi connectivity index (χ2n) is 7.38. The molecule has 0 aromatic heterocycles. The van der Waals surface area contributed by atoms with Gasteiger partial charge in [-0.15, -0.1) is 0 Å². The van der Waals surface area contributed by atoms with Crippen LogP contribution in [-0.4, -0.2) is 49.4 Å². The lowest BCUT2D eigenvalue weighted by atomic mass is 10.1. The van der Waals surface area contributed by atoms with Crippen LogP contribution in [0.5, 0.6) is 0 Å². The maximum atomic E-state index is 12.3. The number of carbonyl (C=O) groups is 1. The first kappa shape index (κ1) is 26.7. The third-order valence-corrected chi connectivity index (χ3v) is 4.70. The number of hydrogen-bond acceptors (Lipinski definition) is 5. The summed E-state index contributed by atoms with van der Waals surface area (Å²) >= 11 is 0. The van der Waals surface area contributed by atoms with Crippen molar-refractivity contribution < 1.29 is 14.6 Å². The van der Waals surface area contributed by atoms with Gasteiger partial charge in [0, 0.05) is 13.2 Å². The maximum absolute atomic E-state index is 12.3. The fourth-order valence-electron chi connectivity index (χ4n) is 3.03. The minimum absolute atomic E-state index is 0.0633. The van der Waals surface area contributed by atoms with E-state index in [9.17, 15) is 4.79 Å². The van der Waals surface area contributed by atoms with E-state index in [2.05, 4.69) is 17.2 Å². The standard InChI is InChI=1S/C21H44N4O3/c1-2-3-4-5-6-7-8-9-10-11-18-28-20(27)19(24-16-13-17-26)14-12-15-25-21(22)23/h19,24,26H,2-18H2,1H3,(H4,22,23,25)/t19-/m0/s1. The molecule has 0 aliphatic rings. The topological polar surface area (TPSA) is 123 Å². The number of rotatable bonds is 20. The van der Waals surface area contributed by atoms with E-state index in [1.54, 1.807) is 0 Å². The van der Waals surface area contributed by atoms with E-state index >= 15 is 0 Å². The first-order chi connectivity index (χ1) is 13.6. The normalized spacial score (nSPS) is 11.9.